The summed E-state index contributed by atoms with van der Waals surface area (Å²) in [6.07, 6.45) is 2.77. The number of rotatable bonds is 6. The van der Waals surface area contributed by atoms with Crippen LogP contribution in [0.25, 0.3) is 0 Å². The van der Waals surface area contributed by atoms with Gasteiger partial charge in [-0.1, -0.05) is 44.2 Å². The van der Waals surface area contributed by atoms with Gasteiger partial charge in [0.05, 0.1) is 11.4 Å². The van der Waals surface area contributed by atoms with E-state index in [1.54, 1.807) is 0 Å². The molecule has 0 radical (unpaired) electrons. The average molecular weight is 270 g/mol. The minimum Gasteiger partial charge on any atom is -0.342 e. The van der Waals surface area contributed by atoms with Crippen molar-refractivity contribution in [2.24, 2.45) is 0 Å². The number of benzene rings is 1. The highest BCUT2D eigenvalue weighted by molar-refractivity contribution is 5.30. The van der Waals surface area contributed by atoms with E-state index in [9.17, 15) is 0 Å². The molecule has 20 heavy (non-hydrogen) atoms. The minimum absolute atomic E-state index is 0.718. The third-order valence-electron chi connectivity index (χ3n) is 3.42. The summed E-state index contributed by atoms with van der Waals surface area (Å²) >= 11 is 0. The topological polar surface area (TPSA) is 41.9 Å². The number of likely N-dealkylation sites (N-methyl/N-ethyl adjacent to an activating group) is 1. The number of anilines is 1. The lowest BCUT2D eigenvalue weighted by Gasteiger charge is -2.17. The summed E-state index contributed by atoms with van der Waals surface area (Å²) in [4.78, 5) is 6.69. The van der Waals surface area contributed by atoms with Crippen LogP contribution in [-0.4, -0.2) is 28.8 Å². The second-order valence-corrected chi connectivity index (χ2v) is 4.87. The maximum atomic E-state index is 4.63. The van der Waals surface area contributed by atoms with Gasteiger partial charge < -0.3 is 4.90 Å². The van der Waals surface area contributed by atoms with Crippen LogP contribution >= 0.6 is 0 Å². The molecule has 0 bridgehead atoms. The largest absolute Gasteiger partial charge is 0.342 e. The van der Waals surface area contributed by atoms with Crippen LogP contribution in [0.2, 0.25) is 0 Å². The monoisotopic (exact) mass is 270 g/mol. The maximum Gasteiger partial charge on any atom is 0.245 e. The molecular formula is C16H22N4. The molecule has 1 heterocycles. The van der Waals surface area contributed by atoms with Crippen molar-refractivity contribution in [3.8, 4) is 0 Å². The molecule has 0 saturated heterocycles. The highest BCUT2D eigenvalue weighted by atomic mass is 15.3. The van der Waals surface area contributed by atoms with Gasteiger partial charge in [-0.15, -0.1) is 5.10 Å². The number of hydrogen-bond donors (Lipinski definition) is 0. The number of aromatic nitrogens is 3. The molecule has 1 aromatic heterocycles. The molecule has 0 aliphatic rings. The van der Waals surface area contributed by atoms with Crippen LogP contribution < -0.4 is 4.90 Å². The molecule has 0 aliphatic heterocycles. The lowest BCUT2D eigenvalue weighted by Crippen LogP contribution is -2.24. The molecule has 4 nitrogen and oxygen atoms in total. The van der Waals surface area contributed by atoms with Gasteiger partial charge >= 0.3 is 0 Å². The predicted octanol–water partition coefficient (Wildman–Crippen LogP) is 2.68. The summed E-state index contributed by atoms with van der Waals surface area (Å²) < 4.78 is 0. The predicted molar refractivity (Wildman–Crippen MR) is 82.0 cm³/mol. The average Bonchev–Trinajstić information content (AvgIpc) is 2.52. The highest BCUT2D eigenvalue weighted by Gasteiger charge is 2.09. The van der Waals surface area contributed by atoms with E-state index in [-0.39, 0.29) is 0 Å². The van der Waals surface area contributed by atoms with Crippen molar-refractivity contribution in [3.05, 3.63) is 47.3 Å². The van der Waals surface area contributed by atoms with Crippen molar-refractivity contribution >= 4 is 5.95 Å². The van der Waals surface area contributed by atoms with Gasteiger partial charge in [-0.25, -0.2) is 4.98 Å². The van der Waals surface area contributed by atoms with Gasteiger partial charge in [0.15, 0.2) is 0 Å². The minimum atomic E-state index is 0.718. The number of nitrogens with zero attached hydrogens (tertiary/aromatic N) is 4. The van der Waals surface area contributed by atoms with Crippen molar-refractivity contribution in [1.29, 1.82) is 0 Å². The van der Waals surface area contributed by atoms with Gasteiger partial charge in [0.1, 0.15) is 0 Å². The van der Waals surface area contributed by atoms with E-state index in [1.807, 2.05) is 13.1 Å². The van der Waals surface area contributed by atoms with Gasteiger partial charge in [-0.05, 0) is 24.8 Å². The van der Waals surface area contributed by atoms with E-state index in [0.29, 0.717) is 0 Å². The van der Waals surface area contributed by atoms with Crippen molar-refractivity contribution in [3.63, 3.8) is 0 Å². The molecule has 0 saturated carbocycles. The molecule has 0 fully saturated rings. The Morgan fingerprint density at radius 3 is 2.30 bits per heavy atom. The Morgan fingerprint density at radius 1 is 0.950 bits per heavy atom. The van der Waals surface area contributed by atoms with Gasteiger partial charge in [-0.3, -0.25) is 0 Å². The summed E-state index contributed by atoms with van der Waals surface area (Å²) in [6.45, 7) is 5.08. The molecule has 2 aromatic rings. The molecule has 0 unspecified atom stereocenters. The number of aryl methyl sites for hydroxylation is 2. The summed E-state index contributed by atoms with van der Waals surface area (Å²) in [5.41, 5.74) is 3.39. The zero-order valence-corrected chi connectivity index (χ0v) is 12.5. The fourth-order valence-electron chi connectivity index (χ4n) is 2.13. The maximum absolute atomic E-state index is 4.63. The second-order valence-electron chi connectivity index (χ2n) is 4.87. The molecule has 0 aliphatic carbocycles. The first-order chi connectivity index (χ1) is 9.74. The smallest absolute Gasteiger partial charge is 0.245 e. The van der Waals surface area contributed by atoms with Crippen LogP contribution in [0.4, 0.5) is 5.95 Å². The lowest BCUT2D eigenvalue weighted by atomic mass is 10.1. The van der Waals surface area contributed by atoms with Crippen molar-refractivity contribution in [2.45, 2.75) is 33.1 Å². The molecule has 4 heteroatoms. The van der Waals surface area contributed by atoms with E-state index in [0.717, 1.165) is 43.1 Å². The summed E-state index contributed by atoms with van der Waals surface area (Å²) in [7, 11) is 2.02. The highest BCUT2D eigenvalue weighted by Crippen LogP contribution is 2.10. The van der Waals surface area contributed by atoms with E-state index in [1.165, 1.54) is 5.56 Å². The van der Waals surface area contributed by atoms with E-state index in [2.05, 4.69) is 58.2 Å². The Hall–Kier alpha value is -1.97. The Balaban J connectivity index is 2.03. The van der Waals surface area contributed by atoms with Crippen molar-refractivity contribution < 1.29 is 0 Å². The summed E-state index contributed by atoms with van der Waals surface area (Å²) in [6, 6.07) is 10.5. The lowest BCUT2D eigenvalue weighted by molar-refractivity contribution is 0.766. The molecule has 0 atom stereocenters. The Kier molecular flexibility index (Phi) is 5.04. The molecule has 106 valence electrons. The quantitative estimate of drug-likeness (QED) is 0.809. The van der Waals surface area contributed by atoms with Crippen molar-refractivity contribution in [1.82, 2.24) is 15.2 Å². The van der Waals surface area contributed by atoms with E-state index >= 15 is 0 Å². The summed E-state index contributed by atoms with van der Waals surface area (Å²) in [5, 5.41) is 8.53. The van der Waals surface area contributed by atoms with E-state index in [4.69, 9.17) is 0 Å². The SMILES string of the molecule is CCc1nnc(N(C)CCc2ccccc2)nc1CC. The zero-order chi connectivity index (χ0) is 14.4. The molecular weight excluding hydrogens is 248 g/mol. The Morgan fingerprint density at radius 2 is 1.65 bits per heavy atom. The van der Waals surface area contributed by atoms with Gasteiger partial charge in [0.25, 0.3) is 0 Å². The number of hydrogen-bond acceptors (Lipinski definition) is 4. The molecule has 2 rings (SSSR count). The van der Waals surface area contributed by atoms with Crippen LogP contribution in [0.5, 0.6) is 0 Å². The Bertz CT molecular complexity index is 539. The van der Waals surface area contributed by atoms with Crippen LogP contribution in [0.3, 0.4) is 0 Å². The van der Waals surface area contributed by atoms with Crippen LogP contribution in [0.15, 0.2) is 30.3 Å². The van der Waals surface area contributed by atoms with Gasteiger partial charge in [-0.2, -0.15) is 5.10 Å². The van der Waals surface area contributed by atoms with Gasteiger partial charge in [0, 0.05) is 13.6 Å². The van der Waals surface area contributed by atoms with Crippen LogP contribution in [-0.2, 0) is 19.3 Å². The first kappa shape index (κ1) is 14.4. The van der Waals surface area contributed by atoms with E-state index < -0.39 is 0 Å². The normalized spacial score (nSPS) is 10.6. The fraction of sp³-hybridized carbons (Fsp3) is 0.438. The zero-order valence-electron chi connectivity index (χ0n) is 12.5. The first-order valence-electron chi connectivity index (χ1n) is 7.22. The molecule has 0 amide bonds. The van der Waals surface area contributed by atoms with Crippen LogP contribution in [0, 0.1) is 0 Å². The van der Waals surface area contributed by atoms with Crippen molar-refractivity contribution in [2.75, 3.05) is 18.5 Å². The molecule has 1 aromatic carbocycles. The van der Waals surface area contributed by atoms with Crippen LogP contribution in [0.1, 0.15) is 30.8 Å². The van der Waals surface area contributed by atoms with Gasteiger partial charge in [0.2, 0.25) is 5.95 Å². The molecule has 0 N–H and O–H groups in total. The molecule has 0 spiro atoms. The third kappa shape index (κ3) is 3.53. The fourth-order valence-corrected chi connectivity index (χ4v) is 2.13. The Labute approximate surface area is 120 Å². The first-order valence-corrected chi connectivity index (χ1v) is 7.22. The third-order valence-corrected chi connectivity index (χ3v) is 3.42. The second kappa shape index (κ2) is 6.98. The summed E-state index contributed by atoms with van der Waals surface area (Å²) in [5.74, 6) is 0.718. The standard InChI is InChI=1S/C16H22N4/c1-4-14-15(5-2)18-19-16(17-14)20(3)12-11-13-9-7-6-8-10-13/h6-10H,4-5,11-12H2,1-3H3.